The van der Waals surface area contributed by atoms with Crippen LogP contribution in [0.1, 0.15) is 22.0 Å². The van der Waals surface area contributed by atoms with Crippen LogP contribution >= 0.6 is 11.3 Å². The van der Waals surface area contributed by atoms with Crippen molar-refractivity contribution in [3.05, 3.63) is 15.6 Å². The van der Waals surface area contributed by atoms with Crippen molar-refractivity contribution < 1.29 is 9.59 Å². The van der Waals surface area contributed by atoms with Crippen molar-refractivity contribution in [2.45, 2.75) is 26.8 Å². The van der Waals surface area contributed by atoms with Crippen molar-refractivity contribution in [1.29, 1.82) is 0 Å². The molecule has 2 rings (SSSR count). The van der Waals surface area contributed by atoms with E-state index in [1.54, 1.807) is 16.2 Å². The lowest BCUT2D eigenvalue weighted by Crippen LogP contribution is -2.24. The second-order valence-electron chi connectivity index (χ2n) is 3.71. The quantitative estimate of drug-likeness (QED) is 0.706. The molecule has 0 atom stereocenters. The van der Waals surface area contributed by atoms with E-state index in [9.17, 15) is 9.59 Å². The van der Waals surface area contributed by atoms with Gasteiger partial charge in [-0.25, -0.2) is 4.98 Å². The molecule has 4 nitrogen and oxygen atoms in total. The van der Waals surface area contributed by atoms with Gasteiger partial charge in [0.2, 0.25) is 5.91 Å². The Balaban J connectivity index is 2.12. The van der Waals surface area contributed by atoms with Gasteiger partial charge < -0.3 is 4.90 Å². The molecule has 1 aliphatic rings. The third-order valence-corrected chi connectivity index (χ3v) is 3.46. The number of Topliss-reactive ketones (excluding diaryl/α,β-unsaturated/α-hetero) is 1. The first-order chi connectivity index (χ1) is 7.06. The van der Waals surface area contributed by atoms with Crippen LogP contribution in [0.3, 0.4) is 0 Å². The number of rotatable bonds is 2. The second-order valence-corrected chi connectivity index (χ2v) is 4.99. The molecule has 15 heavy (non-hydrogen) atoms. The number of hydrogen-bond acceptors (Lipinski definition) is 4. The normalized spacial score (nSPS) is 16.5. The Morgan fingerprint density at radius 3 is 2.60 bits per heavy atom. The maximum atomic E-state index is 11.4. The molecule has 0 unspecified atom stereocenters. The van der Waals surface area contributed by atoms with Crippen molar-refractivity contribution in [1.82, 2.24) is 9.88 Å². The van der Waals surface area contributed by atoms with Crippen LogP contribution in [0.15, 0.2) is 0 Å². The molecule has 1 aromatic rings. The van der Waals surface area contributed by atoms with Crippen LogP contribution in [0, 0.1) is 13.8 Å². The smallest absolute Gasteiger partial charge is 0.230 e. The maximum Gasteiger partial charge on any atom is 0.230 e. The summed E-state index contributed by atoms with van der Waals surface area (Å²) in [5, 5.41) is 1.00. The van der Waals surface area contributed by atoms with Gasteiger partial charge in [0, 0.05) is 4.88 Å². The molecular weight excluding hydrogens is 212 g/mol. The van der Waals surface area contributed by atoms with Crippen LogP contribution in [0.2, 0.25) is 0 Å². The molecule has 0 aliphatic carbocycles. The Labute approximate surface area is 91.9 Å². The molecule has 1 amide bonds. The minimum absolute atomic E-state index is 0.0129. The molecule has 1 saturated heterocycles. The highest BCUT2D eigenvalue weighted by Gasteiger charge is 2.28. The van der Waals surface area contributed by atoms with Gasteiger partial charge in [-0.05, 0) is 13.8 Å². The number of ketones is 1. The average Bonchev–Trinajstić information content (AvgIpc) is 2.58. The molecule has 0 aromatic carbocycles. The molecule has 0 N–H and O–H groups in total. The van der Waals surface area contributed by atoms with E-state index >= 15 is 0 Å². The fourth-order valence-electron chi connectivity index (χ4n) is 1.68. The molecule has 1 aromatic heterocycles. The number of aryl methyl sites for hydroxylation is 2. The highest BCUT2D eigenvalue weighted by atomic mass is 32.1. The molecular formula is C10H12N2O2S. The number of thiazole rings is 1. The lowest BCUT2D eigenvalue weighted by Gasteiger charge is -2.12. The van der Waals surface area contributed by atoms with Gasteiger partial charge in [-0.1, -0.05) is 0 Å². The number of aromatic nitrogens is 1. The zero-order chi connectivity index (χ0) is 11.0. The van der Waals surface area contributed by atoms with Gasteiger partial charge >= 0.3 is 0 Å². The number of carbonyl (C=O) groups is 2. The summed E-state index contributed by atoms with van der Waals surface area (Å²) in [5.74, 6) is -0.0515. The van der Waals surface area contributed by atoms with Crippen LogP contribution in [-0.2, 0) is 16.1 Å². The number of amides is 1. The molecule has 0 bridgehead atoms. The van der Waals surface area contributed by atoms with E-state index in [0.29, 0.717) is 6.54 Å². The summed E-state index contributed by atoms with van der Waals surface area (Å²) < 4.78 is 0. The van der Waals surface area contributed by atoms with Gasteiger partial charge in [0.15, 0.2) is 5.78 Å². The minimum Gasteiger partial charge on any atom is -0.330 e. The van der Waals surface area contributed by atoms with Crippen molar-refractivity contribution in [3.63, 3.8) is 0 Å². The number of hydrogen-bond donors (Lipinski definition) is 0. The SMILES string of the molecule is Cc1nc(C)c(CN2CC(=O)CC2=O)s1. The van der Waals surface area contributed by atoms with Gasteiger partial charge in [0.25, 0.3) is 0 Å². The molecule has 5 heteroatoms. The van der Waals surface area contributed by atoms with E-state index in [1.165, 1.54) is 0 Å². The summed E-state index contributed by atoms with van der Waals surface area (Å²) in [5.41, 5.74) is 0.963. The summed E-state index contributed by atoms with van der Waals surface area (Å²) in [7, 11) is 0. The predicted octanol–water partition coefficient (Wildman–Crippen LogP) is 1.06. The number of carbonyl (C=O) groups excluding carboxylic acids is 2. The molecule has 0 saturated carbocycles. The first-order valence-corrected chi connectivity index (χ1v) is 5.60. The Morgan fingerprint density at radius 2 is 2.13 bits per heavy atom. The molecule has 0 spiro atoms. The molecule has 0 radical (unpaired) electrons. The van der Waals surface area contributed by atoms with E-state index in [0.717, 1.165) is 15.6 Å². The molecule has 1 aliphatic heterocycles. The predicted molar refractivity (Wildman–Crippen MR) is 56.6 cm³/mol. The first kappa shape index (κ1) is 10.3. The van der Waals surface area contributed by atoms with E-state index < -0.39 is 0 Å². The zero-order valence-corrected chi connectivity index (χ0v) is 9.56. The van der Waals surface area contributed by atoms with Crippen molar-refractivity contribution in [3.8, 4) is 0 Å². The first-order valence-electron chi connectivity index (χ1n) is 4.78. The van der Waals surface area contributed by atoms with E-state index in [2.05, 4.69) is 4.98 Å². The Hall–Kier alpha value is -1.23. The van der Waals surface area contributed by atoms with Crippen LogP contribution in [0.4, 0.5) is 0 Å². The third-order valence-electron chi connectivity index (χ3n) is 2.40. The standard InChI is InChI=1S/C10H12N2O2S/c1-6-9(15-7(2)11-6)5-12-4-8(13)3-10(12)14/h3-5H2,1-2H3. The van der Waals surface area contributed by atoms with Gasteiger partial charge in [0.1, 0.15) is 0 Å². The summed E-state index contributed by atoms with van der Waals surface area (Å²) in [6.45, 7) is 4.66. The second kappa shape index (κ2) is 3.73. The Kier molecular flexibility index (Phi) is 2.56. The number of nitrogens with zero attached hydrogens (tertiary/aromatic N) is 2. The van der Waals surface area contributed by atoms with Crippen LogP contribution < -0.4 is 0 Å². The van der Waals surface area contributed by atoms with E-state index in [-0.39, 0.29) is 24.7 Å². The maximum absolute atomic E-state index is 11.4. The fraction of sp³-hybridized carbons (Fsp3) is 0.500. The minimum atomic E-state index is -0.0644. The van der Waals surface area contributed by atoms with Gasteiger partial charge in [0.05, 0.1) is 30.2 Å². The van der Waals surface area contributed by atoms with Gasteiger partial charge in [-0.15, -0.1) is 11.3 Å². The van der Waals surface area contributed by atoms with Crippen LogP contribution in [0.25, 0.3) is 0 Å². The van der Waals surface area contributed by atoms with Crippen LogP contribution in [0.5, 0.6) is 0 Å². The Bertz CT molecular complexity index is 425. The van der Waals surface area contributed by atoms with E-state index in [4.69, 9.17) is 0 Å². The lowest BCUT2D eigenvalue weighted by atomic mass is 10.3. The molecule has 1 fully saturated rings. The topological polar surface area (TPSA) is 50.3 Å². The summed E-state index contributed by atoms with van der Waals surface area (Å²) in [4.78, 5) is 29.4. The van der Waals surface area contributed by atoms with Crippen molar-refractivity contribution >= 4 is 23.0 Å². The largest absolute Gasteiger partial charge is 0.330 e. The summed E-state index contributed by atoms with van der Waals surface area (Å²) in [6, 6.07) is 0. The summed E-state index contributed by atoms with van der Waals surface area (Å²) in [6.07, 6.45) is 0.0663. The van der Waals surface area contributed by atoms with Crippen LogP contribution in [-0.4, -0.2) is 28.1 Å². The zero-order valence-electron chi connectivity index (χ0n) is 8.74. The average molecular weight is 224 g/mol. The van der Waals surface area contributed by atoms with Gasteiger partial charge in [-0.2, -0.15) is 0 Å². The number of likely N-dealkylation sites (tertiary alicyclic amines) is 1. The molecule has 80 valence electrons. The Morgan fingerprint density at radius 1 is 1.40 bits per heavy atom. The lowest BCUT2D eigenvalue weighted by molar-refractivity contribution is -0.128. The van der Waals surface area contributed by atoms with Crippen molar-refractivity contribution in [2.75, 3.05) is 6.54 Å². The van der Waals surface area contributed by atoms with Crippen molar-refractivity contribution in [2.24, 2.45) is 0 Å². The molecule has 2 heterocycles. The summed E-state index contributed by atoms with van der Waals surface area (Å²) >= 11 is 1.59. The highest BCUT2D eigenvalue weighted by Crippen LogP contribution is 2.21. The highest BCUT2D eigenvalue weighted by molar-refractivity contribution is 7.11. The van der Waals surface area contributed by atoms with Gasteiger partial charge in [-0.3, -0.25) is 9.59 Å². The fourth-order valence-corrected chi connectivity index (χ4v) is 2.63. The van der Waals surface area contributed by atoms with E-state index in [1.807, 2.05) is 13.8 Å². The monoisotopic (exact) mass is 224 g/mol. The third kappa shape index (κ3) is 2.07.